The molecule has 1 aromatic heterocycles. The van der Waals surface area contributed by atoms with E-state index in [0.717, 1.165) is 10.9 Å². The van der Waals surface area contributed by atoms with Gasteiger partial charge >= 0.3 is 0 Å². The van der Waals surface area contributed by atoms with Gasteiger partial charge in [0.05, 0.1) is 12.8 Å². The molecule has 3 aromatic carbocycles. The number of hydrogen-bond donors (Lipinski definition) is 2. The summed E-state index contributed by atoms with van der Waals surface area (Å²) in [7, 11) is 1.48. The molecule has 1 saturated heterocycles. The van der Waals surface area contributed by atoms with Gasteiger partial charge in [0, 0.05) is 28.4 Å². The van der Waals surface area contributed by atoms with Crippen molar-refractivity contribution in [2.45, 2.75) is 6.54 Å². The first kappa shape index (κ1) is 24.8. The Morgan fingerprint density at radius 3 is 2.53 bits per heavy atom. The second-order valence-corrected chi connectivity index (χ2v) is 8.80. The number of thiocarbonyl (C=S) groups is 1. The Morgan fingerprint density at radius 1 is 1.05 bits per heavy atom. The zero-order chi connectivity index (χ0) is 26.8. The number of rotatable bonds is 6. The van der Waals surface area contributed by atoms with Crippen molar-refractivity contribution in [3.63, 3.8) is 0 Å². The fourth-order valence-electron chi connectivity index (χ4n) is 4.26. The number of para-hydroxylation sites is 3. The number of benzene rings is 3. The molecule has 0 bridgehead atoms. The van der Waals surface area contributed by atoms with E-state index in [1.54, 1.807) is 35.0 Å². The van der Waals surface area contributed by atoms with Crippen molar-refractivity contribution >= 4 is 63.4 Å². The maximum atomic E-state index is 13.5. The molecule has 5 rings (SSSR count). The van der Waals surface area contributed by atoms with Crippen molar-refractivity contribution in [1.29, 1.82) is 0 Å². The van der Waals surface area contributed by atoms with Crippen LogP contribution >= 0.6 is 12.2 Å². The number of halogens is 1. The molecule has 0 aliphatic carbocycles. The van der Waals surface area contributed by atoms with E-state index in [4.69, 9.17) is 17.0 Å². The summed E-state index contributed by atoms with van der Waals surface area (Å²) in [5.41, 5.74) is 2.04. The van der Waals surface area contributed by atoms with E-state index in [1.165, 1.54) is 42.4 Å². The first-order valence-electron chi connectivity index (χ1n) is 11.5. The standard InChI is InChI=1S/C28H21FN4O4S/c1-37-24-9-5-4-8-23(24)33-27(36)21(26(35)31-28(33)38)14-17-15-32(22-7-3-2-6-20(17)22)16-25(34)30-19-12-10-18(29)11-13-19/h2-15H,16H2,1H3,(H,30,34)(H,31,35,38)/b21-14+. The number of aromatic nitrogens is 1. The lowest BCUT2D eigenvalue weighted by Crippen LogP contribution is -2.54. The molecule has 0 atom stereocenters. The van der Waals surface area contributed by atoms with Gasteiger partial charge in [-0.15, -0.1) is 0 Å². The minimum absolute atomic E-state index is 0.0430. The van der Waals surface area contributed by atoms with Crippen LogP contribution in [-0.4, -0.2) is 34.5 Å². The van der Waals surface area contributed by atoms with E-state index < -0.39 is 17.6 Å². The smallest absolute Gasteiger partial charge is 0.270 e. The average molecular weight is 529 g/mol. The molecule has 4 aromatic rings. The highest BCUT2D eigenvalue weighted by Gasteiger charge is 2.36. The second-order valence-electron chi connectivity index (χ2n) is 8.41. The Hall–Kier alpha value is -4.83. The molecule has 1 fully saturated rings. The number of hydrogen-bond acceptors (Lipinski definition) is 5. The Bertz CT molecular complexity index is 1630. The second kappa shape index (κ2) is 10.3. The molecule has 0 spiro atoms. The molecule has 1 aliphatic heterocycles. The van der Waals surface area contributed by atoms with Crippen LogP contribution in [0.2, 0.25) is 0 Å². The average Bonchev–Trinajstić information content (AvgIpc) is 3.25. The summed E-state index contributed by atoms with van der Waals surface area (Å²) in [6.45, 7) is -0.0430. The van der Waals surface area contributed by atoms with Crippen LogP contribution in [0.25, 0.3) is 17.0 Å². The Labute approximate surface area is 222 Å². The predicted molar refractivity (Wildman–Crippen MR) is 146 cm³/mol. The Morgan fingerprint density at radius 2 is 1.76 bits per heavy atom. The number of methoxy groups -OCH3 is 1. The summed E-state index contributed by atoms with van der Waals surface area (Å²) in [6, 6.07) is 19.7. The van der Waals surface area contributed by atoms with Crippen LogP contribution in [0.5, 0.6) is 5.75 Å². The van der Waals surface area contributed by atoms with Gasteiger partial charge in [-0.3, -0.25) is 19.7 Å². The summed E-state index contributed by atoms with van der Waals surface area (Å²) >= 11 is 5.30. The van der Waals surface area contributed by atoms with E-state index in [1.807, 2.05) is 24.3 Å². The van der Waals surface area contributed by atoms with Crippen molar-refractivity contribution in [3.05, 3.63) is 95.9 Å². The van der Waals surface area contributed by atoms with Gasteiger partial charge in [0.1, 0.15) is 23.7 Å². The molecule has 190 valence electrons. The Kier molecular flexibility index (Phi) is 6.71. The van der Waals surface area contributed by atoms with Gasteiger partial charge < -0.3 is 14.6 Å². The molecule has 8 nitrogen and oxygen atoms in total. The SMILES string of the molecule is COc1ccccc1N1C(=O)/C(=C/c2cn(CC(=O)Nc3ccc(F)cc3)c3ccccc23)C(=O)NC1=S. The van der Waals surface area contributed by atoms with Gasteiger partial charge in [-0.2, -0.15) is 0 Å². The lowest BCUT2D eigenvalue weighted by Gasteiger charge is -2.29. The number of nitrogens with zero attached hydrogens (tertiary/aromatic N) is 2. The maximum Gasteiger partial charge on any atom is 0.270 e. The molecule has 2 heterocycles. The van der Waals surface area contributed by atoms with Crippen molar-refractivity contribution in [2.24, 2.45) is 0 Å². The van der Waals surface area contributed by atoms with Gasteiger partial charge in [-0.05, 0) is 60.8 Å². The molecule has 3 amide bonds. The topological polar surface area (TPSA) is 92.7 Å². The molecular weight excluding hydrogens is 507 g/mol. The highest BCUT2D eigenvalue weighted by atomic mass is 32.1. The number of nitrogens with one attached hydrogen (secondary N) is 2. The molecule has 0 radical (unpaired) electrons. The minimum Gasteiger partial charge on any atom is -0.495 e. The first-order chi connectivity index (χ1) is 18.4. The van der Waals surface area contributed by atoms with Crippen LogP contribution in [0.1, 0.15) is 5.56 Å². The normalized spacial score (nSPS) is 14.6. The van der Waals surface area contributed by atoms with Crippen molar-refractivity contribution in [1.82, 2.24) is 9.88 Å². The zero-order valence-electron chi connectivity index (χ0n) is 20.1. The fourth-order valence-corrected chi connectivity index (χ4v) is 4.53. The number of fused-ring (bicyclic) bond motifs is 1. The van der Waals surface area contributed by atoms with E-state index in [0.29, 0.717) is 22.7 Å². The van der Waals surface area contributed by atoms with Crippen molar-refractivity contribution in [2.75, 3.05) is 17.3 Å². The summed E-state index contributed by atoms with van der Waals surface area (Å²) in [5, 5.41) is 6.00. The number of carbonyl (C=O) groups excluding carboxylic acids is 3. The fraction of sp³-hybridized carbons (Fsp3) is 0.0714. The van der Waals surface area contributed by atoms with Crippen LogP contribution < -0.4 is 20.3 Å². The summed E-state index contributed by atoms with van der Waals surface area (Å²) in [6.07, 6.45) is 3.18. The van der Waals surface area contributed by atoms with Crippen LogP contribution in [0, 0.1) is 5.82 Å². The summed E-state index contributed by atoms with van der Waals surface area (Å²) < 4.78 is 20.3. The number of anilines is 2. The third kappa shape index (κ3) is 4.76. The summed E-state index contributed by atoms with van der Waals surface area (Å²) in [4.78, 5) is 40.3. The molecule has 1 aliphatic rings. The summed E-state index contributed by atoms with van der Waals surface area (Å²) in [5.74, 6) is -1.53. The largest absolute Gasteiger partial charge is 0.495 e. The van der Waals surface area contributed by atoms with Crippen LogP contribution in [0.4, 0.5) is 15.8 Å². The quantitative estimate of drug-likeness (QED) is 0.222. The van der Waals surface area contributed by atoms with E-state index in [9.17, 15) is 18.8 Å². The van der Waals surface area contributed by atoms with Crippen LogP contribution in [0.3, 0.4) is 0 Å². The highest BCUT2D eigenvalue weighted by molar-refractivity contribution is 7.80. The molecule has 0 saturated carbocycles. The lowest BCUT2D eigenvalue weighted by molar-refractivity contribution is -0.122. The number of carbonyl (C=O) groups is 3. The monoisotopic (exact) mass is 528 g/mol. The van der Waals surface area contributed by atoms with Crippen LogP contribution in [-0.2, 0) is 20.9 Å². The number of amides is 3. The predicted octanol–water partition coefficient (Wildman–Crippen LogP) is 4.26. The zero-order valence-corrected chi connectivity index (χ0v) is 20.9. The van der Waals surface area contributed by atoms with Crippen molar-refractivity contribution in [3.8, 4) is 5.75 Å². The van der Waals surface area contributed by atoms with Crippen molar-refractivity contribution < 1.29 is 23.5 Å². The van der Waals surface area contributed by atoms with Gasteiger partial charge in [0.15, 0.2) is 5.11 Å². The maximum absolute atomic E-state index is 13.5. The van der Waals surface area contributed by atoms with E-state index in [2.05, 4.69) is 10.6 Å². The first-order valence-corrected chi connectivity index (χ1v) is 11.9. The lowest BCUT2D eigenvalue weighted by atomic mass is 10.1. The van der Waals surface area contributed by atoms with Gasteiger partial charge in [-0.1, -0.05) is 30.3 Å². The molecule has 10 heteroatoms. The highest BCUT2D eigenvalue weighted by Crippen LogP contribution is 2.31. The van der Waals surface area contributed by atoms with Gasteiger partial charge in [0.2, 0.25) is 5.91 Å². The molecule has 0 unspecified atom stereocenters. The van der Waals surface area contributed by atoms with E-state index in [-0.39, 0.29) is 23.1 Å². The van der Waals surface area contributed by atoms with Crippen LogP contribution in [0.15, 0.2) is 84.6 Å². The Balaban J connectivity index is 1.49. The third-order valence-electron chi connectivity index (χ3n) is 5.99. The number of ether oxygens (including phenoxy) is 1. The van der Waals surface area contributed by atoms with Gasteiger partial charge in [-0.25, -0.2) is 9.29 Å². The van der Waals surface area contributed by atoms with Gasteiger partial charge in [0.25, 0.3) is 11.8 Å². The molecule has 38 heavy (non-hydrogen) atoms. The van der Waals surface area contributed by atoms with E-state index >= 15 is 0 Å². The third-order valence-corrected chi connectivity index (χ3v) is 6.27. The minimum atomic E-state index is -0.628. The molecular formula is C28H21FN4O4S. The molecule has 2 N–H and O–H groups in total.